The Morgan fingerprint density at radius 2 is 1.93 bits per heavy atom. The fourth-order valence-electron chi connectivity index (χ4n) is 2.42. The molecule has 7 nitrogen and oxygen atoms in total. The number of nitro benzene ring substituents is 1. The highest BCUT2D eigenvalue weighted by Gasteiger charge is 2.12. The van der Waals surface area contributed by atoms with Gasteiger partial charge in [-0.1, -0.05) is 38.3 Å². The molecular formula is C20H24N4O3S. The van der Waals surface area contributed by atoms with E-state index in [0.29, 0.717) is 5.69 Å². The summed E-state index contributed by atoms with van der Waals surface area (Å²) in [5.74, 6) is 0.829. The number of benzene rings is 2. The van der Waals surface area contributed by atoms with Gasteiger partial charge in [-0.3, -0.25) is 15.5 Å². The lowest BCUT2D eigenvalue weighted by atomic mass is 10.2. The van der Waals surface area contributed by atoms with Crippen molar-refractivity contribution in [1.29, 1.82) is 0 Å². The standard InChI is InChI=1S/C20H24N4O3S/c1-2-3-4-7-14-27-17-12-10-16(11-13-17)15-21-23-20(28)22-18-8-5-6-9-19(18)24(25)26/h5-6,8-13,15H,2-4,7,14H2,1H3,(H2,22,23,28)/b21-15-. The number of hydrogen-bond donors (Lipinski definition) is 2. The molecule has 0 aliphatic heterocycles. The van der Waals surface area contributed by atoms with E-state index in [1.54, 1.807) is 24.4 Å². The van der Waals surface area contributed by atoms with Crippen LogP contribution >= 0.6 is 12.2 Å². The van der Waals surface area contributed by atoms with Crippen molar-refractivity contribution in [3.8, 4) is 5.75 Å². The lowest BCUT2D eigenvalue weighted by Crippen LogP contribution is -2.24. The second-order valence-corrected chi connectivity index (χ2v) is 6.48. The molecule has 0 aliphatic rings. The molecule has 2 aromatic carbocycles. The first-order chi connectivity index (χ1) is 13.6. The fraction of sp³-hybridized carbons (Fsp3) is 0.300. The maximum atomic E-state index is 11.0. The molecule has 0 aromatic heterocycles. The zero-order chi connectivity index (χ0) is 20.2. The van der Waals surface area contributed by atoms with Gasteiger partial charge in [0.05, 0.1) is 17.7 Å². The quantitative estimate of drug-likeness (QED) is 0.194. The number of hydrogen-bond acceptors (Lipinski definition) is 5. The summed E-state index contributed by atoms with van der Waals surface area (Å²) in [6, 6.07) is 13.8. The summed E-state index contributed by atoms with van der Waals surface area (Å²) in [5.41, 5.74) is 3.78. The minimum Gasteiger partial charge on any atom is -0.494 e. The molecular weight excluding hydrogens is 376 g/mol. The second kappa shape index (κ2) is 11.7. The Labute approximate surface area is 169 Å². The summed E-state index contributed by atoms with van der Waals surface area (Å²) >= 11 is 5.12. The zero-order valence-corrected chi connectivity index (χ0v) is 16.6. The van der Waals surface area contributed by atoms with E-state index in [-0.39, 0.29) is 10.8 Å². The van der Waals surface area contributed by atoms with Crippen LogP contribution in [-0.2, 0) is 0 Å². The Balaban J connectivity index is 1.79. The average Bonchev–Trinajstić information content (AvgIpc) is 2.69. The maximum Gasteiger partial charge on any atom is 0.292 e. The van der Waals surface area contributed by atoms with Crippen molar-refractivity contribution in [3.63, 3.8) is 0 Å². The second-order valence-electron chi connectivity index (χ2n) is 6.08. The third-order valence-electron chi connectivity index (χ3n) is 3.88. The molecule has 2 N–H and O–H groups in total. The largest absolute Gasteiger partial charge is 0.494 e. The highest BCUT2D eigenvalue weighted by atomic mass is 32.1. The van der Waals surface area contributed by atoms with E-state index in [0.717, 1.165) is 24.3 Å². The molecule has 0 heterocycles. The molecule has 0 spiro atoms. The topological polar surface area (TPSA) is 88.8 Å². The van der Waals surface area contributed by atoms with Gasteiger partial charge in [-0.05, 0) is 54.5 Å². The maximum absolute atomic E-state index is 11.0. The van der Waals surface area contributed by atoms with Crippen LogP contribution in [0.1, 0.15) is 38.2 Å². The van der Waals surface area contributed by atoms with E-state index < -0.39 is 4.92 Å². The Kier molecular flexibility index (Phi) is 8.87. The minimum absolute atomic E-state index is 0.0547. The number of nitrogens with one attached hydrogen (secondary N) is 2. The monoisotopic (exact) mass is 400 g/mol. The molecule has 28 heavy (non-hydrogen) atoms. The van der Waals surface area contributed by atoms with Gasteiger partial charge >= 0.3 is 0 Å². The van der Waals surface area contributed by atoms with Crippen LogP contribution in [0.3, 0.4) is 0 Å². The predicted molar refractivity (Wildman–Crippen MR) is 116 cm³/mol. The third kappa shape index (κ3) is 7.32. The van der Waals surface area contributed by atoms with Crippen molar-refractivity contribution >= 4 is 34.9 Å². The Morgan fingerprint density at radius 3 is 2.64 bits per heavy atom. The number of anilines is 1. The van der Waals surface area contributed by atoms with Crippen molar-refractivity contribution in [1.82, 2.24) is 5.43 Å². The van der Waals surface area contributed by atoms with Crippen LogP contribution in [0.25, 0.3) is 0 Å². The van der Waals surface area contributed by atoms with Gasteiger partial charge in [-0.15, -0.1) is 0 Å². The lowest BCUT2D eigenvalue weighted by Gasteiger charge is -2.07. The molecule has 0 amide bonds. The molecule has 0 saturated carbocycles. The van der Waals surface area contributed by atoms with Gasteiger partial charge in [-0.25, -0.2) is 0 Å². The summed E-state index contributed by atoms with van der Waals surface area (Å²) in [5, 5.41) is 18.0. The van der Waals surface area contributed by atoms with Crippen molar-refractivity contribution in [3.05, 3.63) is 64.2 Å². The molecule has 0 saturated heterocycles. The SMILES string of the molecule is CCCCCCOc1ccc(/C=N\NC(=S)Nc2ccccc2[N+](=O)[O-])cc1. The van der Waals surface area contributed by atoms with Crippen LogP contribution in [0.4, 0.5) is 11.4 Å². The normalized spacial score (nSPS) is 10.6. The molecule has 8 heteroatoms. The number of ether oxygens (including phenoxy) is 1. The van der Waals surface area contributed by atoms with Crippen molar-refractivity contribution in [2.75, 3.05) is 11.9 Å². The first-order valence-electron chi connectivity index (χ1n) is 9.16. The molecule has 0 aliphatic carbocycles. The average molecular weight is 401 g/mol. The predicted octanol–water partition coefficient (Wildman–Crippen LogP) is 4.87. The first-order valence-corrected chi connectivity index (χ1v) is 9.57. The van der Waals surface area contributed by atoms with Crippen LogP contribution in [-0.4, -0.2) is 22.9 Å². The molecule has 0 unspecified atom stereocenters. The summed E-state index contributed by atoms with van der Waals surface area (Å²) in [6.45, 7) is 2.91. The van der Waals surface area contributed by atoms with E-state index in [9.17, 15) is 10.1 Å². The van der Waals surface area contributed by atoms with E-state index >= 15 is 0 Å². The fourth-order valence-corrected chi connectivity index (χ4v) is 2.59. The molecule has 148 valence electrons. The van der Waals surface area contributed by atoms with Gasteiger partial charge in [-0.2, -0.15) is 5.10 Å². The number of rotatable bonds is 10. The zero-order valence-electron chi connectivity index (χ0n) is 15.8. The van der Waals surface area contributed by atoms with Gasteiger partial charge in [0.15, 0.2) is 5.11 Å². The third-order valence-corrected chi connectivity index (χ3v) is 4.07. The molecule has 2 aromatic rings. The van der Waals surface area contributed by atoms with Gasteiger partial charge < -0.3 is 10.1 Å². The van der Waals surface area contributed by atoms with Crippen molar-refractivity contribution in [2.45, 2.75) is 32.6 Å². The number of nitro groups is 1. The summed E-state index contributed by atoms with van der Waals surface area (Å²) in [4.78, 5) is 10.5. The van der Waals surface area contributed by atoms with Gasteiger partial charge in [0.25, 0.3) is 5.69 Å². The minimum atomic E-state index is -0.471. The number of hydrazone groups is 1. The summed E-state index contributed by atoms with van der Waals surface area (Å²) in [7, 11) is 0. The molecule has 0 atom stereocenters. The highest BCUT2D eigenvalue weighted by Crippen LogP contribution is 2.22. The van der Waals surface area contributed by atoms with Crippen LogP contribution in [0.5, 0.6) is 5.75 Å². The van der Waals surface area contributed by atoms with Crippen molar-refractivity contribution in [2.24, 2.45) is 5.10 Å². The van der Waals surface area contributed by atoms with Crippen molar-refractivity contribution < 1.29 is 9.66 Å². The number of nitrogens with zero attached hydrogens (tertiary/aromatic N) is 2. The number of para-hydroxylation sites is 2. The number of unbranched alkanes of at least 4 members (excludes halogenated alkanes) is 3. The van der Waals surface area contributed by atoms with Crippen LogP contribution in [0.15, 0.2) is 53.6 Å². The Morgan fingerprint density at radius 1 is 1.18 bits per heavy atom. The molecule has 0 radical (unpaired) electrons. The van der Waals surface area contributed by atoms with E-state index in [4.69, 9.17) is 17.0 Å². The number of thiocarbonyl (C=S) groups is 1. The van der Waals surface area contributed by atoms with Crippen LogP contribution < -0.4 is 15.5 Å². The molecule has 0 bridgehead atoms. The first kappa shape index (κ1) is 21.3. The van der Waals surface area contributed by atoms with Gasteiger partial charge in [0.1, 0.15) is 11.4 Å². The van der Waals surface area contributed by atoms with Crippen LogP contribution in [0.2, 0.25) is 0 Å². The van der Waals surface area contributed by atoms with E-state index in [1.807, 2.05) is 24.3 Å². The van der Waals surface area contributed by atoms with Gasteiger partial charge in [0, 0.05) is 6.07 Å². The lowest BCUT2D eigenvalue weighted by molar-refractivity contribution is -0.383. The summed E-state index contributed by atoms with van der Waals surface area (Å²) in [6.07, 6.45) is 6.31. The smallest absolute Gasteiger partial charge is 0.292 e. The van der Waals surface area contributed by atoms with E-state index in [1.165, 1.54) is 25.3 Å². The van der Waals surface area contributed by atoms with Crippen LogP contribution in [0, 0.1) is 10.1 Å². The molecule has 2 rings (SSSR count). The Bertz CT molecular complexity index is 809. The van der Waals surface area contributed by atoms with Gasteiger partial charge in [0.2, 0.25) is 0 Å². The summed E-state index contributed by atoms with van der Waals surface area (Å²) < 4.78 is 5.70. The Hall–Kier alpha value is -3.00. The van der Waals surface area contributed by atoms with E-state index in [2.05, 4.69) is 22.8 Å². The molecule has 0 fully saturated rings. The highest BCUT2D eigenvalue weighted by molar-refractivity contribution is 7.80.